The first kappa shape index (κ1) is 23.8. The molecule has 0 atom stereocenters. The summed E-state index contributed by atoms with van der Waals surface area (Å²) in [6, 6.07) is 17.0. The summed E-state index contributed by atoms with van der Waals surface area (Å²) >= 11 is 12.2. The van der Waals surface area contributed by atoms with E-state index in [0.29, 0.717) is 34.3 Å². The molecule has 0 saturated carbocycles. The molecule has 1 aliphatic rings. The van der Waals surface area contributed by atoms with E-state index in [9.17, 15) is 4.79 Å². The number of aryl methyl sites for hydroxylation is 1. The van der Waals surface area contributed by atoms with Crippen LogP contribution in [-0.4, -0.2) is 19.0 Å². The van der Waals surface area contributed by atoms with Gasteiger partial charge in [-0.15, -0.1) is 0 Å². The second kappa shape index (κ2) is 10.3. The second-order valence-electron chi connectivity index (χ2n) is 7.21. The van der Waals surface area contributed by atoms with Gasteiger partial charge in [-0.1, -0.05) is 35.9 Å². The number of benzene rings is 3. The molecule has 0 amide bonds. The Balaban J connectivity index is 1.60. The van der Waals surface area contributed by atoms with E-state index in [1.165, 1.54) is 7.11 Å². The zero-order valence-corrected chi connectivity index (χ0v) is 22.2. The van der Waals surface area contributed by atoms with Crippen LogP contribution in [0.25, 0.3) is 6.08 Å². The van der Waals surface area contributed by atoms with Crippen molar-refractivity contribution >= 4 is 68.1 Å². The van der Waals surface area contributed by atoms with Gasteiger partial charge in [0.2, 0.25) is 5.90 Å². The van der Waals surface area contributed by atoms with Gasteiger partial charge in [0.15, 0.2) is 17.2 Å². The lowest BCUT2D eigenvalue weighted by molar-refractivity contribution is -0.129. The van der Waals surface area contributed by atoms with Gasteiger partial charge in [-0.3, -0.25) is 0 Å². The Morgan fingerprint density at radius 2 is 1.97 bits per heavy atom. The molecule has 3 aromatic carbocycles. The highest BCUT2D eigenvalue weighted by molar-refractivity contribution is 14.1. The molecule has 3 aromatic rings. The molecule has 1 heterocycles. The maximum atomic E-state index is 12.4. The number of hydrogen-bond donors (Lipinski definition) is 0. The van der Waals surface area contributed by atoms with Gasteiger partial charge in [0.1, 0.15) is 6.61 Å². The molecule has 0 aromatic heterocycles. The molecule has 5 nitrogen and oxygen atoms in total. The van der Waals surface area contributed by atoms with Crippen molar-refractivity contribution in [2.45, 2.75) is 13.5 Å². The van der Waals surface area contributed by atoms with Crippen LogP contribution in [0.15, 0.2) is 69.8 Å². The van der Waals surface area contributed by atoms with Crippen molar-refractivity contribution < 1.29 is 19.0 Å². The maximum absolute atomic E-state index is 12.4. The zero-order valence-electron chi connectivity index (χ0n) is 17.7. The first-order valence-corrected chi connectivity index (χ1v) is 12.1. The lowest BCUT2D eigenvalue weighted by atomic mass is 10.1. The Bertz CT molecular complexity index is 1310. The summed E-state index contributed by atoms with van der Waals surface area (Å²) in [5.74, 6) is 0.612. The van der Waals surface area contributed by atoms with E-state index in [1.807, 2.05) is 49.4 Å². The summed E-state index contributed by atoms with van der Waals surface area (Å²) in [4.78, 5) is 16.8. The summed E-state index contributed by atoms with van der Waals surface area (Å²) in [5, 5.41) is 0.368. The summed E-state index contributed by atoms with van der Waals surface area (Å²) in [6.45, 7) is 2.38. The highest BCUT2D eigenvalue weighted by Gasteiger charge is 2.25. The number of carbonyl (C=O) groups excluding carboxylic acids is 1. The Morgan fingerprint density at radius 1 is 1.18 bits per heavy atom. The van der Waals surface area contributed by atoms with Crippen LogP contribution in [0, 0.1) is 10.5 Å². The van der Waals surface area contributed by atoms with E-state index in [0.717, 1.165) is 19.2 Å². The van der Waals surface area contributed by atoms with Crippen LogP contribution in [0.5, 0.6) is 11.5 Å². The summed E-state index contributed by atoms with van der Waals surface area (Å²) in [7, 11) is 1.54. The van der Waals surface area contributed by atoms with Crippen molar-refractivity contribution in [1.29, 1.82) is 0 Å². The number of cyclic esters (lactones) is 1. The van der Waals surface area contributed by atoms with E-state index < -0.39 is 5.97 Å². The van der Waals surface area contributed by atoms with Crippen LogP contribution in [0.4, 0.5) is 0 Å². The van der Waals surface area contributed by atoms with Gasteiger partial charge >= 0.3 is 5.97 Å². The van der Waals surface area contributed by atoms with E-state index in [-0.39, 0.29) is 11.6 Å². The molecule has 0 spiro atoms. The van der Waals surface area contributed by atoms with Crippen molar-refractivity contribution in [2.75, 3.05) is 7.11 Å². The predicted molar refractivity (Wildman–Crippen MR) is 141 cm³/mol. The molecule has 0 fully saturated rings. The molecule has 0 N–H and O–H groups in total. The third-order valence-electron chi connectivity index (χ3n) is 4.98. The minimum atomic E-state index is -0.533. The topological polar surface area (TPSA) is 57.1 Å². The van der Waals surface area contributed by atoms with Gasteiger partial charge in [0.05, 0.1) is 12.1 Å². The normalized spacial score (nSPS) is 14.3. The van der Waals surface area contributed by atoms with Crippen molar-refractivity contribution in [2.24, 2.45) is 4.99 Å². The molecule has 1 aliphatic heterocycles. The maximum Gasteiger partial charge on any atom is 0.363 e. The minimum Gasteiger partial charge on any atom is -0.493 e. The number of rotatable bonds is 6. The van der Waals surface area contributed by atoms with Gasteiger partial charge in [0, 0.05) is 13.6 Å². The van der Waals surface area contributed by atoms with Crippen LogP contribution >= 0.6 is 50.1 Å². The SMILES string of the molecule is COc1cc(/C=C2\N=C(c3ccc(I)c(Br)c3)OC2=O)cc(Cl)c1OCc1ccccc1C. The Morgan fingerprint density at radius 3 is 2.70 bits per heavy atom. The molecule has 0 aliphatic carbocycles. The number of halogens is 3. The monoisotopic (exact) mass is 637 g/mol. The second-order valence-corrected chi connectivity index (χ2v) is 9.64. The fourth-order valence-corrected chi connectivity index (χ4v) is 4.19. The highest BCUT2D eigenvalue weighted by Crippen LogP contribution is 2.38. The zero-order chi connectivity index (χ0) is 23.5. The molecule has 0 radical (unpaired) electrons. The van der Waals surface area contributed by atoms with E-state index in [4.69, 9.17) is 25.8 Å². The van der Waals surface area contributed by atoms with Gasteiger partial charge in [-0.05, 0) is 98.5 Å². The average molecular weight is 639 g/mol. The number of nitrogens with zero attached hydrogens (tertiary/aromatic N) is 1. The van der Waals surface area contributed by atoms with Crippen LogP contribution in [0.3, 0.4) is 0 Å². The number of carbonyl (C=O) groups is 1. The van der Waals surface area contributed by atoms with Crippen LogP contribution < -0.4 is 9.47 Å². The number of esters is 1. The molecular weight excluding hydrogens is 621 g/mol. The largest absolute Gasteiger partial charge is 0.493 e. The van der Waals surface area contributed by atoms with Crippen molar-refractivity contribution in [3.63, 3.8) is 0 Å². The fourth-order valence-electron chi connectivity index (χ4n) is 3.20. The number of hydrogen-bond acceptors (Lipinski definition) is 5. The minimum absolute atomic E-state index is 0.173. The first-order valence-electron chi connectivity index (χ1n) is 9.88. The molecule has 168 valence electrons. The fraction of sp³-hybridized carbons (Fsp3) is 0.120. The van der Waals surface area contributed by atoms with Crippen molar-refractivity contribution in [3.05, 3.63) is 95.6 Å². The van der Waals surface area contributed by atoms with Crippen molar-refractivity contribution in [3.8, 4) is 11.5 Å². The van der Waals surface area contributed by atoms with Crippen molar-refractivity contribution in [1.82, 2.24) is 0 Å². The summed E-state index contributed by atoms with van der Waals surface area (Å²) < 4.78 is 18.8. The highest BCUT2D eigenvalue weighted by atomic mass is 127. The lowest BCUT2D eigenvalue weighted by Crippen LogP contribution is -2.05. The van der Waals surface area contributed by atoms with Crippen LogP contribution in [-0.2, 0) is 16.1 Å². The molecule has 0 saturated heterocycles. The van der Waals surface area contributed by atoms with Gasteiger partial charge in [-0.25, -0.2) is 9.79 Å². The molecule has 0 bridgehead atoms. The molecular formula is C25H18BrClINO4. The molecule has 0 unspecified atom stereocenters. The van der Waals surface area contributed by atoms with E-state index in [1.54, 1.807) is 18.2 Å². The molecule has 33 heavy (non-hydrogen) atoms. The third kappa shape index (κ3) is 5.42. The smallest absolute Gasteiger partial charge is 0.363 e. The van der Waals surface area contributed by atoms with Crippen LogP contribution in [0.1, 0.15) is 22.3 Å². The lowest BCUT2D eigenvalue weighted by Gasteiger charge is -2.14. The Kier molecular flexibility index (Phi) is 7.41. The predicted octanol–water partition coefficient (Wildman–Crippen LogP) is 6.95. The van der Waals surface area contributed by atoms with Gasteiger partial charge < -0.3 is 14.2 Å². The molecule has 8 heteroatoms. The van der Waals surface area contributed by atoms with E-state index in [2.05, 4.69) is 43.5 Å². The molecule has 4 rings (SSSR count). The Hall–Kier alpha value is -2.36. The van der Waals surface area contributed by atoms with Crippen LogP contribution in [0.2, 0.25) is 5.02 Å². The summed E-state index contributed by atoms with van der Waals surface area (Å²) in [5.41, 5.74) is 3.70. The first-order chi connectivity index (χ1) is 15.9. The summed E-state index contributed by atoms with van der Waals surface area (Å²) in [6.07, 6.45) is 1.61. The van der Waals surface area contributed by atoms with Gasteiger partial charge in [-0.2, -0.15) is 0 Å². The van der Waals surface area contributed by atoms with E-state index >= 15 is 0 Å². The van der Waals surface area contributed by atoms with Gasteiger partial charge in [0.25, 0.3) is 0 Å². The number of aliphatic imine (C=N–C) groups is 1. The number of methoxy groups -OCH3 is 1. The average Bonchev–Trinajstić information content (AvgIpc) is 3.15. The third-order valence-corrected chi connectivity index (χ3v) is 7.59. The Labute approximate surface area is 218 Å². The quantitative estimate of drug-likeness (QED) is 0.167. The number of ether oxygens (including phenoxy) is 3. The standard InChI is InChI=1S/C25H18BrClINO4/c1-14-5-3-4-6-17(14)13-32-23-19(27)9-15(11-22(23)31-2)10-21-25(30)33-24(29-21)16-7-8-20(28)18(26)12-16/h3-12H,13H2,1-2H3/b21-10-.